The summed E-state index contributed by atoms with van der Waals surface area (Å²) in [6, 6.07) is 0. The van der Waals surface area contributed by atoms with E-state index in [2.05, 4.69) is 18.7 Å². The predicted molar refractivity (Wildman–Crippen MR) is 70.8 cm³/mol. The summed E-state index contributed by atoms with van der Waals surface area (Å²) >= 11 is 0. The van der Waals surface area contributed by atoms with Gasteiger partial charge in [0.1, 0.15) is 0 Å². The Balaban J connectivity index is 2.12. The van der Waals surface area contributed by atoms with Gasteiger partial charge in [0.15, 0.2) is 0 Å². The lowest BCUT2D eigenvalue weighted by atomic mass is 9.65. The van der Waals surface area contributed by atoms with Crippen LogP contribution in [0.25, 0.3) is 0 Å². The first-order valence-electron chi connectivity index (χ1n) is 7.23. The number of likely N-dealkylation sites (tertiary alicyclic amines) is 1. The van der Waals surface area contributed by atoms with Crippen molar-refractivity contribution in [3.05, 3.63) is 0 Å². The molecule has 1 aliphatic carbocycles. The zero-order chi connectivity index (χ0) is 12.5. The van der Waals surface area contributed by atoms with E-state index in [0.717, 1.165) is 51.7 Å². The van der Waals surface area contributed by atoms with Crippen molar-refractivity contribution in [3.63, 3.8) is 0 Å². The van der Waals surface area contributed by atoms with E-state index in [-0.39, 0.29) is 5.54 Å². The van der Waals surface area contributed by atoms with Crippen LogP contribution in [0.2, 0.25) is 0 Å². The molecule has 3 nitrogen and oxygen atoms in total. The van der Waals surface area contributed by atoms with Crippen LogP contribution in [0.3, 0.4) is 0 Å². The molecule has 3 heteroatoms. The maximum Gasteiger partial charge on any atom is 0.0841 e. The molecular weight excluding hydrogens is 212 g/mol. The van der Waals surface area contributed by atoms with Gasteiger partial charge in [-0.1, -0.05) is 26.7 Å². The van der Waals surface area contributed by atoms with Gasteiger partial charge in [-0.25, -0.2) is 0 Å². The molecule has 3 atom stereocenters. The molecule has 3 unspecified atom stereocenters. The highest BCUT2D eigenvalue weighted by atomic mass is 16.3. The molecule has 1 heterocycles. The van der Waals surface area contributed by atoms with Crippen molar-refractivity contribution in [1.82, 2.24) is 4.90 Å². The minimum atomic E-state index is -0.626. The van der Waals surface area contributed by atoms with Crippen LogP contribution in [0.15, 0.2) is 0 Å². The minimum Gasteiger partial charge on any atom is -0.388 e. The van der Waals surface area contributed by atoms with Crippen molar-refractivity contribution >= 4 is 0 Å². The summed E-state index contributed by atoms with van der Waals surface area (Å²) < 4.78 is 0. The second-order valence-corrected chi connectivity index (χ2v) is 6.36. The molecule has 3 N–H and O–H groups in total. The zero-order valence-corrected chi connectivity index (χ0v) is 11.4. The highest BCUT2D eigenvalue weighted by molar-refractivity contribution is 5.08. The number of hydrogen-bond acceptors (Lipinski definition) is 3. The molecule has 100 valence electrons. The summed E-state index contributed by atoms with van der Waals surface area (Å²) in [5, 5.41) is 11.0. The number of nitrogens with two attached hydrogens (primary N) is 1. The average Bonchev–Trinajstić information content (AvgIpc) is 2.28. The number of hydrogen-bond donors (Lipinski definition) is 2. The van der Waals surface area contributed by atoms with Gasteiger partial charge in [-0.3, -0.25) is 0 Å². The van der Waals surface area contributed by atoms with Crippen LogP contribution in [-0.2, 0) is 0 Å². The molecule has 0 radical (unpaired) electrons. The molecule has 2 fully saturated rings. The number of piperidine rings is 1. The van der Waals surface area contributed by atoms with E-state index in [0.29, 0.717) is 5.92 Å². The van der Waals surface area contributed by atoms with E-state index in [1.165, 1.54) is 6.42 Å². The normalized spacial score (nSPS) is 44.8. The first kappa shape index (κ1) is 13.3. The van der Waals surface area contributed by atoms with Crippen LogP contribution in [0.1, 0.15) is 52.4 Å². The van der Waals surface area contributed by atoms with Gasteiger partial charge >= 0.3 is 0 Å². The third kappa shape index (κ3) is 2.51. The Morgan fingerprint density at radius 3 is 2.76 bits per heavy atom. The SMILES string of the molecule is CCN1CCCC(N)(C2(O)CCCC(C)C2)C1. The molecule has 17 heavy (non-hydrogen) atoms. The second-order valence-electron chi connectivity index (χ2n) is 6.36. The van der Waals surface area contributed by atoms with Gasteiger partial charge in [0, 0.05) is 6.54 Å². The standard InChI is InChI=1S/C14H28N2O/c1-3-16-9-5-7-13(15,11-16)14(17)8-4-6-12(2)10-14/h12,17H,3-11,15H2,1-2H3. The molecule has 0 aromatic heterocycles. The fourth-order valence-electron chi connectivity index (χ4n) is 3.80. The Bertz CT molecular complexity index is 271. The van der Waals surface area contributed by atoms with Crippen LogP contribution in [0.5, 0.6) is 0 Å². The van der Waals surface area contributed by atoms with Crippen molar-refractivity contribution in [2.75, 3.05) is 19.6 Å². The van der Waals surface area contributed by atoms with E-state index in [1.54, 1.807) is 0 Å². The van der Waals surface area contributed by atoms with Crippen LogP contribution >= 0.6 is 0 Å². The highest BCUT2D eigenvalue weighted by Crippen LogP contribution is 2.42. The first-order valence-corrected chi connectivity index (χ1v) is 7.23. The Labute approximate surface area is 105 Å². The van der Waals surface area contributed by atoms with Crippen molar-refractivity contribution in [1.29, 1.82) is 0 Å². The first-order chi connectivity index (χ1) is 7.99. The molecule has 0 spiro atoms. The van der Waals surface area contributed by atoms with Crippen molar-refractivity contribution in [3.8, 4) is 0 Å². The van der Waals surface area contributed by atoms with Gasteiger partial charge in [-0.15, -0.1) is 0 Å². The topological polar surface area (TPSA) is 49.5 Å². The maximum atomic E-state index is 11.0. The molecule has 1 saturated carbocycles. The summed E-state index contributed by atoms with van der Waals surface area (Å²) in [7, 11) is 0. The second kappa shape index (κ2) is 4.87. The van der Waals surface area contributed by atoms with Gasteiger partial charge in [-0.2, -0.15) is 0 Å². The largest absolute Gasteiger partial charge is 0.388 e. The monoisotopic (exact) mass is 240 g/mol. The van der Waals surface area contributed by atoms with Gasteiger partial charge < -0.3 is 15.7 Å². The van der Waals surface area contributed by atoms with Gasteiger partial charge in [0.05, 0.1) is 11.1 Å². The minimum absolute atomic E-state index is 0.379. The molecule has 2 aliphatic rings. The van der Waals surface area contributed by atoms with Gasteiger partial charge in [-0.05, 0) is 44.7 Å². The van der Waals surface area contributed by atoms with E-state index in [1.807, 2.05) is 0 Å². The number of aliphatic hydroxyl groups is 1. The lowest BCUT2D eigenvalue weighted by Crippen LogP contribution is -2.68. The molecule has 1 aliphatic heterocycles. The fourth-order valence-corrected chi connectivity index (χ4v) is 3.80. The zero-order valence-electron chi connectivity index (χ0n) is 11.4. The summed E-state index contributed by atoms with van der Waals surface area (Å²) in [5.41, 5.74) is 5.60. The van der Waals surface area contributed by atoms with E-state index in [9.17, 15) is 5.11 Å². The molecule has 0 aromatic rings. The van der Waals surface area contributed by atoms with E-state index < -0.39 is 5.60 Å². The molecule has 0 bridgehead atoms. The Kier molecular flexibility index (Phi) is 3.81. The highest BCUT2D eigenvalue weighted by Gasteiger charge is 2.50. The van der Waals surface area contributed by atoms with Crippen molar-refractivity contribution in [2.45, 2.75) is 63.5 Å². The lowest BCUT2D eigenvalue weighted by Gasteiger charge is -2.52. The summed E-state index contributed by atoms with van der Waals surface area (Å²) in [6.45, 7) is 7.48. The number of rotatable bonds is 2. The van der Waals surface area contributed by atoms with Crippen LogP contribution in [0, 0.1) is 5.92 Å². The van der Waals surface area contributed by atoms with Gasteiger partial charge in [0.25, 0.3) is 0 Å². The fraction of sp³-hybridized carbons (Fsp3) is 1.00. The van der Waals surface area contributed by atoms with E-state index >= 15 is 0 Å². The smallest absolute Gasteiger partial charge is 0.0841 e. The summed E-state index contributed by atoms with van der Waals surface area (Å²) in [6.07, 6.45) is 6.26. The summed E-state index contributed by atoms with van der Waals surface area (Å²) in [5.74, 6) is 0.617. The van der Waals surface area contributed by atoms with Crippen LogP contribution < -0.4 is 5.73 Å². The average molecular weight is 240 g/mol. The molecular formula is C14H28N2O. The molecule has 2 rings (SSSR count). The summed E-state index contributed by atoms with van der Waals surface area (Å²) in [4.78, 5) is 2.39. The van der Waals surface area contributed by atoms with E-state index in [4.69, 9.17) is 5.73 Å². The third-order valence-electron chi connectivity index (χ3n) is 4.95. The number of likely N-dealkylation sites (N-methyl/N-ethyl adjacent to an activating group) is 1. The Morgan fingerprint density at radius 1 is 1.35 bits per heavy atom. The van der Waals surface area contributed by atoms with Crippen molar-refractivity contribution in [2.24, 2.45) is 11.7 Å². The van der Waals surface area contributed by atoms with Crippen LogP contribution in [-0.4, -0.2) is 40.8 Å². The number of nitrogens with zero attached hydrogens (tertiary/aromatic N) is 1. The predicted octanol–water partition coefficient (Wildman–Crippen LogP) is 1.74. The quantitative estimate of drug-likeness (QED) is 0.773. The lowest BCUT2D eigenvalue weighted by molar-refractivity contribution is -0.0989. The Hall–Kier alpha value is -0.120. The molecule has 0 amide bonds. The Morgan fingerprint density at radius 2 is 2.12 bits per heavy atom. The molecule has 1 saturated heterocycles. The van der Waals surface area contributed by atoms with Gasteiger partial charge in [0.2, 0.25) is 0 Å². The van der Waals surface area contributed by atoms with Crippen molar-refractivity contribution < 1.29 is 5.11 Å². The maximum absolute atomic E-state index is 11.0. The molecule has 0 aromatic carbocycles. The third-order valence-corrected chi connectivity index (χ3v) is 4.95. The van der Waals surface area contributed by atoms with Crippen LogP contribution in [0.4, 0.5) is 0 Å².